The number of aliphatic hydroxyl groups excluding tert-OH is 1. The van der Waals surface area contributed by atoms with Gasteiger partial charge in [0.2, 0.25) is 0 Å². The van der Waals surface area contributed by atoms with Gasteiger partial charge in [0.05, 0.1) is 0 Å². The number of amides is 1. The topological polar surface area (TPSA) is 120 Å². The number of hydrogen-bond donors (Lipinski definition) is 2. The van der Waals surface area contributed by atoms with E-state index in [-0.39, 0.29) is 6.61 Å². The largest absolute Gasteiger partial charge is 0.463 e. The maximum absolute atomic E-state index is 12.4. The van der Waals surface area contributed by atoms with Gasteiger partial charge in [0, 0.05) is 26.5 Å². The predicted molar refractivity (Wildman–Crippen MR) is 91.6 cm³/mol. The fourth-order valence-electron chi connectivity index (χ4n) is 2.85. The van der Waals surface area contributed by atoms with E-state index in [0.29, 0.717) is 5.56 Å². The fourth-order valence-corrected chi connectivity index (χ4v) is 2.85. The van der Waals surface area contributed by atoms with Crippen molar-refractivity contribution in [1.29, 1.82) is 0 Å². The average Bonchev–Trinajstić information content (AvgIpc) is 2.63. The normalized spacial score (nSPS) is 27.5. The molecule has 2 N–H and O–H groups in total. The minimum absolute atomic E-state index is 0.246. The number of methoxy groups -OCH3 is 1. The molecule has 27 heavy (non-hydrogen) atoms. The summed E-state index contributed by atoms with van der Waals surface area (Å²) in [6.07, 6.45) is -4.35. The molecule has 1 amide bonds. The third-order valence-corrected chi connectivity index (χ3v) is 4.02. The van der Waals surface area contributed by atoms with Crippen LogP contribution < -0.4 is 5.32 Å². The third kappa shape index (κ3) is 5.49. The number of rotatable bonds is 6. The summed E-state index contributed by atoms with van der Waals surface area (Å²) in [6, 6.07) is 7.38. The molecule has 0 saturated carbocycles. The minimum Gasteiger partial charge on any atom is -0.463 e. The first-order chi connectivity index (χ1) is 12.8. The number of hydrogen-bond acceptors (Lipinski definition) is 8. The molecule has 1 saturated heterocycles. The van der Waals surface area contributed by atoms with E-state index in [1.165, 1.54) is 21.0 Å². The zero-order valence-corrected chi connectivity index (χ0v) is 15.3. The first kappa shape index (κ1) is 20.8. The van der Waals surface area contributed by atoms with Crippen LogP contribution in [-0.4, -0.2) is 67.3 Å². The number of ether oxygens (including phenoxy) is 4. The second-order valence-corrected chi connectivity index (χ2v) is 6.01. The van der Waals surface area contributed by atoms with Crippen molar-refractivity contribution in [2.24, 2.45) is 0 Å². The Morgan fingerprint density at radius 3 is 2.33 bits per heavy atom. The molecule has 9 heteroatoms. The molecule has 1 aromatic rings. The standard InChI is InChI=1S/C18H23NO8/c1-10(20)25-9-13-15(26-11(2)21)16(24-3)14(18(23)27-13)19-17(22)12-7-5-4-6-8-12/h4-8,13-16,18,23H,9H2,1-3H3,(H,19,22)/t13-,14-,15+,16+,18-/m1/s1. The predicted octanol–water partition coefficient (Wildman–Crippen LogP) is 0.0120. The lowest BCUT2D eigenvalue weighted by Crippen LogP contribution is -2.65. The molecule has 0 aromatic heterocycles. The van der Waals surface area contributed by atoms with Gasteiger partial charge in [-0.05, 0) is 12.1 Å². The highest BCUT2D eigenvalue weighted by molar-refractivity contribution is 5.94. The van der Waals surface area contributed by atoms with Gasteiger partial charge < -0.3 is 29.4 Å². The fraction of sp³-hybridized carbons (Fsp3) is 0.500. The van der Waals surface area contributed by atoms with Crippen LogP contribution in [0.3, 0.4) is 0 Å². The van der Waals surface area contributed by atoms with E-state index in [9.17, 15) is 19.5 Å². The summed E-state index contributed by atoms with van der Waals surface area (Å²) in [4.78, 5) is 35.0. The zero-order valence-electron chi connectivity index (χ0n) is 15.3. The summed E-state index contributed by atoms with van der Waals surface area (Å²) in [5, 5.41) is 13.0. The number of benzene rings is 1. The van der Waals surface area contributed by atoms with Crippen LogP contribution >= 0.6 is 0 Å². The average molecular weight is 381 g/mol. The Morgan fingerprint density at radius 1 is 1.11 bits per heavy atom. The van der Waals surface area contributed by atoms with E-state index in [4.69, 9.17) is 18.9 Å². The van der Waals surface area contributed by atoms with Crippen LogP contribution in [0.1, 0.15) is 24.2 Å². The highest BCUT2D eigenvalue weighted by Gasteiger charge is 2.48. The Bertz CT molecular complexity index is 665. The molecule has 0 aliphatic carbocycles. The smallest absolute Gasteiger partial charge is 0.303 e. The molecule has 5 atom stereocenters. The highest BCUT2D eigenvalue weighted by Crippen LogP contribution is 2.25. The van der Waals surface area contributed by atoms with E-state index in [1.54, 1.807) is 30.3 Å². The van der Waals surface area contributed by atoms with Crippen molar-refractivity contribution < 1.29 is 38.4 Å². The van der Waals surface area contributed by atoms with E-state index >= 15 is 0 Å². The Labute approximate surface area is 156 Å². The highest BCUT2D eigenvalue weighted by atomic mass is 16.7. The number of aliphatic hydroxyl groups is 1. The molecule has 148 valence electrons. The van der Waals surface area contributed by atoms with Crippen molar-refractivity contribution in [3.8, 4) is 0 Å². The first-order valence-electron chi connectivity index (χ1n) is 8.36. The van der Waals surface area contributed by atoms with Crippen LogP contribution in [-0.2, 0) is 28.5 Å². The molecule has 0 radical (unpaired) electrons. The summed E-state index contributed by atoms with van der Waals surface area (Å²) in [7, 11) is 1.35. The van der Waals surface area contributed by atoms with E-state index in [2.05, 4.69) is 5.32 Å². The maximum atomic E-state index is 12.4. The first-order valence-corrected chi connectivity index (χ1v) is 8.36. The summed E-state index contributed by atoms with van der Waals surface area (Å²) < 4.78 is 21.0. The molecule has 2 rings (SSSR count). The molecule has 0 spiro atoms. The molecule has 0 bridgehead atoms. The van der Waals surface area contributed by atoms with Crippen molar-refractivity contribution in [2.75, 3.05) is 13.7 Å². The van der Waals surface area contributed by atoms with Gasteiger partial charge in [0.1, 0.15) is 24.9 Å². The summed E-state index contributed by atoms with van der Waals surface area (Å²) in [6.45, 7) is 2.18. The number of nitrogens with one attached hydrogen (secondary N) is 1. The molecule has 1 fully saturated rings. The number of carbonyl (C=O) groups excluding carboxylic acids is 3. The Balaban J connectivity index is 2.20. The number of esters is 2. The van der Waals surface area contributed by atoms with Crippen LogP contribution in [0, 0.1) is 0 Å². The lowest BCUT2D eigenvalue weighted by molar-refractivity contribution is -0.263. The van der Waals surface area contributed by atoms with Gasteiger partial charge in [-0.15, -0.1) is 0 Å². The lowest BCUT2D eigenvalue weighted by Gasteiger charge is -2.43. The van der Waals surface area contributed by atoms with Crippen molar-refractivity contribution in [2.45, 2.75) is 44.5 Å². The van der Waals surface area contributed by atoms with Crippen molar-refractivity contribution in [3.63, 3.8) is 0 Å². The van der Waals surface area contributed by atoms with Gasteiger partial charge in [-0.2, -0.15) is 0 Å². The van der Waals surface area contributed by atoms with E-state index in [1.807, 2.05) is 0 Å². The summed E-state index contributed by atoms with van der Waals surface area (Å²) >= 11 is 0. The molecular weight excluding hydrogens is 358 g/mol. The lowest BCUT2D eigenvalue weighted by atomic mass is 9.96. The summed E-state index contributed by atoms with van der Waals surface area (Å²) in [5.74, 6) is -1.61. The molecule has 1 aliphatic heterocycles. The van der Waals surface area contributed by atoms with Gasteiger partial charge >= 0.3 is 11.9 Å². The van der Waals surface area contributed by atoms with Gasteiger partial charge in [0.15, 0.2) is 12.4 Å². The summed E-state index contributed by atoms with van der Waals surface area (Å²) in [5.41, 5.74) is 0.380. The van der Waals surface area contributed by atoms with Crippen molar-refractivity contribution in [3.05, 3.63) is 35.9 Å². The minimum atomic E-state index is -1.46. The second kappa shape index (κ2) is 9.45. The van der Waals surface area contributed by atoms with Crippen LogP contribution in [0.15, 0.2) is 30.3 Å². The van der Waals surface area contributed by atoms with Gasteiger partial charge in [-0.25, -0.2) is 0 Å². The van der Waals surface area contributed by atoms with Gasteiger partial charge in [-0.3, -0.25) is 14.4 Å². The SMILES string of the molecule is CO[C@H]1[C@@H](NC(=O)c2ccccc2)[C@H](O)O[C@H](COC(C)=O)[C@@H]1OC(C)=O. The molecule has 9 nitrogen and oxygen atoms in total. The molecule has 1 heterocycles. The Morgan fingerprint density at radius 2 is 1.78 bits per heavy atom. The van der Waals surface area contributed by atoms with Crippen molar-refractivity contribution >= 4 is 17.8 Å². The Kier molecular flexibility index (Phi) is 7.28. The maximum Gasteiger partial charge on any atom is 0.303 e. The van der Waals surface area contributed by atoms with E-state index < -0.39 is 48.5 Å². The molecule has 1 aliphatic rings. The molecule has 0 unspecified atom stereocenters. The monoisotopic (exact) mass is 381 g/mol. The number of carbonyl (C=O) groups is 3. The van der Waals surface area contributed by atoms with Crippen LogP contribution in [0.25, 0.3) is 0 Å². The van der Waals surface area contributed by atoms with Gasteiger partial charge in [0.25, 0.3) is 5.91 Å². The van der Waals surface area contributed by atoms with Crippen LogP contribution in [0.4, 0.5) is 0 Å². The van der Waals surface area contributed by atoms with Gasteiger partial charge in [-0.1, -0.05) is 18.2 Å². The van der Waals surface area contributed by atoms with Crippen LogP contribution in [0.5, 0.6) is 0 Å². The molecular formula is C18H23NO8. The van der Waals surface area contributed by atoms with Crippen LogP contribution in [0.2, 0.25) is 0 Å². The molecule has 1 aromatic carbocycles. The van der Waals surface area contributed by atoms with Crippen molar-refractivity contribution in [1.82, 2.24) is 5.32 Å². The quantitative estimate of drug-likeness (QED) is 0.662. The Hall–Kier alpha value is -2.49. The zero-order chi connectivity index (χ0) is 20.0. The second-order valence-electron chi connectivity index (χ2n) is 6.01. The third-order valence-electron chi connectivity index (χ3n) is 4.02. The van der Waals surface area contributed by atoms with E-state index in [0.717, 1.165) is 0 Å².